The second-order valence-electron chi connectivity index (χ2n) is 7.04. The fourth-order valence-corrected chi connectivity index (χ4v) is 4.34. The highest BCUT2D eigenvalue weighted by atomic mass is 79.9. The van der Waals surface area contributed by atoms with Gasteiger partial charge in [0.15, 0.2) is 0 Å². The van der Waals surface area contributed by atoms with Crippen LogP contribution < -0.4 is 11.2 Å². The summed E-state index contributed by atoms with van der Waals surface area (Å²) in [5.41, 5.74) is 1.38. The van der Waals surface area contributed by atoms with Crippen LogP contribution in [0.25, 0.3) is 21.9 Å². The third-order valence-corrected chi connectivity index (χ3v) is 5.90. The minimum absolute atomic E-state index is 0.0132. The number of nitrogens with one attached hydrogen (secondary N) is 1. The largest absolute Gasteiger partial charge is 0.506 e. The number of para-hydroxylation sites is 1. The highest BCUT2D eigenvalue weighted by molar-refractivity contribution is 9.10. The Kier molecular flexibility index (Phi) is 4.16. The highest BCUT2D eigenvalue weighted by Gasteiger charge is 2.23. The highest BCUT2D eigenvalue weighted by Crippen LogP contribution is 2.40. The van der Waals surface area contributed by atoms with Gasteiger partial charge in [0.1, 0.15) is 17.1 Å². The summed E-state index contributed by atoms with van der Waals surface area (Å²) in [6.45, 7) is 0. The number of aromatic nitrogens is 2. The number of aromatic amines is 1. The van der Waals surface area contributed by atoms with Crippen molar-refractivity contribution in [2.45, 2.75) is 25.7 Å². The van der Waals surface area contributed by atoms with E-state index in [-0.39, 0.29) is 5.75 Å². The van der Waals surface area contributed by atoms with E-state index in [1.54, 1.807) is 30.3 Å². The van der Waals surface area contributed by atoms with Gasteiger partial charge in [0, 0.05) is 22.9 Å². The first-order valence-corrected chi connectivity index (χ1v) is 10.1. The van der Waals surface area contributed by atoms with Gasteiger partial charge in [-0.1, -0.05) is 12.1 Å². The first-order chi connectivity index (χ1) is 14.0. The molecule has 0 amide bonds. The van der Waals surface area contributed by atoms with Gasteiger partial charge in [0.05, 0.1) is 21.6 Å². The summed E-state index contributed by atoms with van der Waals surface area (Å²) in [5.74, 6) is 0.903. The van der Waals surface area contributed by atoms with E-state index in [0.29, 0.717) is 26.5 Å². The Morgan fingerprint density at radius 1 is 1.21 bits per heavy atom. The van der Waals surface area contributed by atoms with Crippen LogP contribution in [0.4, 0.5) is 0 Å². The number of benzene rings is 2. The third-order valence-electron chi connectivity index (χ3n) is 5.29. The molecule has 0 saturated heterocycles. The van der Waals surface area contributed by atoms with Crippen molar-refractivity contribution in [1.29, 1.82) is 0 Å². The average molecular weight is 454 g/mol. The first kappa shape index (κ1) is 17.9. The lowest BCUT2D eigenvalue weighted by Crippen LogP contribution is -2.32. The molecule has 2 aromatic heterocycles. The van der Waals surface area contributed by atoms with Crippen molar-refractivity contribution in [1.82, 2.24) is 9.66 Å². The molecule has 1 aliphatic carbocycles. The number of fused-ring (bicyclic) bond motifs is 4. The summed E-state index contributed by atoms with van der Waals surface area (Å²) in [6.07, 6.45) is 5.14. The van der Waals surface area contributed by atoms with Crippen molar-refractivity contribution in [2.24, 2.45) is 5.10 Å². The molecule has 2 heterocycles. The van der Waals surface area contributed by atoms with Gasteiger partial charge >= 0.3 is 5.69 Å². The normalized spacial score (nSPS) is 14.1. The van der Waals surface area contributed by atoms with Crippen LogP contribution in [0.5, 0.6) is 5.75 Å². The predicted molar refractivity (Wildman–Crippen MR) is 114 cm³/mol. The van der Waals surface area contributed by atoms with E-state index in [2.05, 4.69) is 26.0 Å². The molecule has 29 heavy (non-hydrogen) atoms. The van der Waals surface area contributed by atoms with Crippen molar-refractivity contribution < 1.29 is 9.52 Å². The molecule has 0 bridgehead atoms. The van der Waals surface area contributed by atoms with Gasteiger partial charge in [-0.05, 0) is 53.4 Å². The maximum absolute atomic E-state index is 12.7. The summed E-state index contributed by atoms with van der Waals surface area (Å²) in [4.78, 5) is 27.7. The third kappa shape index (κ3) is 2.82. The predicted octanol–water partition coefficient (Wildman–Crippen LogP) is 3.67. The number of aryl methyl sites for hydroxylation is 2. The molecule has 4 aromatic rings. The quantitative estimate of drug-likeness (QED) is 0.452. The second kappa shape index (κ2) is 6.73. The molecule has 1 aliphatic rings. The molecule has 0 fully saturated rings. The topological polar surface area (TPSA) is 101 Å². The van der Waals surface area contributed by atoms with Crippen LogP contribution in [-0.2, 0) is 12.8 Å². The lowest BCUT2D eigenvalue weighted by Gasteiger charge is -2.10. The molecule has 0 spiro atoms. The van der Waals surface area contributed by atoms with Gasteiger partial charge in [0.25, 0.3) is 5.56 Å². The number of aromatic hydroxyl groups is 1. The van der Waals surface area contributed by atoms with Crippen molar-refractivity contribution in [3.05, 3.63) is 72.5 Å². The van der Waals surface area contributed by atoms with Gasteiger partial charge < -0.3 is 14.5 Å². The van der Waals surface area contributed by atoms with Crippen molar-refractivity contribution >= 4 is 44.0 Å². The maximum atomic E-state index is 12.7. The van der Waals surface area contributed by atoms with Crippen LogP contribution in [0.15, 0.2) is 53.9 Å². The molecule has 0 atom stereocenters. The number of rotatable bonds is 2. The number of furan rings is 1. The molecule has 0 saturated carbocycles. The summed E-state index contributed by atoms with van der Waals surface area (Å²) in [5, 5.41) is 15.9. The van der Waals surface area contributed by atoms with Gasteiger partial charge in [-0.25, -0.2) is 4.79 Å². The molecular formula is C21H16BrN3O4. The fraction of sp³-hybridized carbons (Fsp3) is 0.190. The van der Waals surface area contributed by atoms with Crippen LogP contribution in [0.1, 0.15) is 29.7 Å². The molecule has 0 aliphatic heterocycles. The van der Waals surface area contributed by atoms with E-state index in [4.69, 9.17) is 4.42 Å². The molecular weight excluding hydrogens is 438 g/mol. The van der Waals surface area contributed by atoms with Gasteiger partial charge in [-0.2, -0.15) is 5.10 Å². The number of nitrogens with zero attached hydrogens (tertiary/aromatic N) is 2. The minimum atomic E-state index is -0.648. The summed E-state index contributed by atoms with van der Waals surface area (Å²) >= 11 is 3.34. The van der Waals surface area contributed by atoms with Crippen LogP contribution in [0.2, 0.25) is 0 Å². The first-order valence-electron chi connectivity index (χ1n) is 9.28. The standard InChI is InChI=1S/C21H16BrN3O4/c22-14-9-17-18(12-6-2-4-8-16(12)29-17)13(19(14)26)10-23-25-20(27)11-5-1-3-7-15(11)24-21(25)28/h1,3,5,7,9-10,26H,2,4,6,8H2,(H,24,28)/b23-10+. The van der Waals surface area contributed by atoms with E-state index in [0.717, 1.165) is 47.1 Å². The van der Waals surface area contributed by atoms with Gasteiger partial charge in [-0.3, -0.25) is 4.79 Å². The maximum Gasteiger partial charge on any atom is 0.349 e. The number of H-pyrrole nitrogens is 1. The molecule has 8 heteroatoms. The summed E-state index contributed by atoms with van der Waals surface area (Å²) in [7, 11) is 0. The zero-order valence-corrected chi connectivity index (χ0v) is 16.8. The van der Waals surface area contributed by atoms with E-state index >= 15 is 0 Å². The number of phenols is 1. The molecule has 2 aromatic carbocycles. The number of phenolic OH excluding ortho intramolecular Hbond substituents is 1. The molecule has 146 valence electrons. The van der Waals surface area contributed by atoms with Crippen molar-refractivity contribution in [3.63, 3.8) is 0 Å². The van der Waals surface area contributed by atoms with Crippen LogP contribution in [0, 0.1) is 0 Å². The Morgan fingerprint density at radius 3 is 2.86 bits per heavy atom. The fourth-order valence-electron chi connectivity index (χ4n) is 3.91. The Labute approximate surface area is 172 Å². The average Bonchev–Trinajstić information content (AvgIpc) is 3.08. The minimum Gasteiger partial charge on any atom is -0.506 e. The van der Waals surface area contributed by atoms with Gasteiger partial charge in [-0.15, -0.1) is 4.68 Å². The Bertz CT molecular complexity index is 1430. The smallest absolute Gasteiger partial charge is 0.349 e. The van der Waals surface area contributed by atoms with Crippen LogP contribution >= 0.6 is 15.9 Å². The Hall–Kier alpha value is -3.13. The lowest BCUT2D eigenvalue weighted by molar-refractivity contribution is 0.471. The Morgan fingerprint density at radius 2 is 2.00 bits per heavy atom. The zero-order chi connectivity index (χ0) is 20.1. The SMILES string of the molecule is O=c1[nH]c2ccccc2c(=O)n1/N=C/c1c(O)c(Br)cc2oc3c(c12)CCCC3. The van der Waals surface area contributed by atoms with Crippen molar-refractivity contribution in [3.8, 4) is 5.75 Å². The van der Waals surface area contributed by atoms with E-state index in [1.807, 2.05) is 0 Å². The van der Waals surface area contributed by atoms with Gasteiger partial charge in [0.2, 0.25) is 0 Å². The Balaban J connectivity index is 1.74. The van der Waals surface area contributed by atoms with Crippen molar-refractivity contribution in [2.75, 3.05) is 0 Å². The number of halogens is 1. The molecule has 2 N–H and O–H groups in total. The monoisotopic (exact) mass is 453 g/mol. The second-order valence-corrected chi connectivity index (χ2v) is 7.90. The van der Waals surface area contributed by atoms with E-state index < -0.39 is 11.2 Å². The molecule has 0 unspecified atom stereocenters. The van der Waals surface area contributed by atoms with Crippen LogP contribution in [-0.4, -0.2) is 21.0 Å². The lowest BCUT2D eigenvalue weighted by atomic mass is 9.94. The summed E-state index contributed by atoms with van der Waals surface area (Å²) < 4.78 is 7.21. The molecule has 0 radical (unpaired) electrons. The van der Waals surface area contributed by atoms with E-state index in [1.165, 1.54) is 6.21 Å². The number of hydrogen-bond acceptors (Lipinski definition) is 5. The van der Waals surface area contributed by atoms with Crippen LogP contribution in [0.3, 0.4) is 0 Å². The summed E-state index contributed by atoms with van der Waals surface area (Å²) in [6, 6.07) is 8.48. The number of hydrogen-bond donors (Lipinski definition) is 2. The zero-order valence-electron chi connectivity index (χ0n) is 15.2. The molecule has 5 rings (SSSR count). The van der Waals surface area contributed by atoms with E-state index in [9.17, 15) is 14.7 Å². The molecule has 7 nitrogen and oxygen atoms in total.